The van der Waals surface area contributed by atoms with Gasteiger partial charge >= 0.3 is 0 Å². The van der Waals surface area contributed by atoms with Crippen molar-refractivity contribution in [2.24, 2.45) is 0 Å². The molecule has 0 saturated carbocycles. The molecule has 16 rings (SSSR count). The van der Waals surface area contributed by atoms with Crippen LogP contribution in [0.5, 0.6) is 0 Å². The molecule has 0 aliphatic carbocycles. The average Bonchev–Trinajstić information content (AvgIpc) is 1.68. The van der Waals surface area contributed by atoms with Crippen LogP contribution in [0, 0.1) is 0 Å². The molecule has 87 heavy (non-hydrogen) atoms. The van der Waals surface area contributed by atoms with Crippen LogP contribution in [0.3, 0.4) is 0 Å². The Bertz CT molecular complexity index is 5150. The van der Waals surface area contributed by atoms with E-state index < -0.39 is 21.4 Å². The van der Waals surface area contributed by atoms with Crippen molar-refractivity contribution in [3.8, 4) is 17.1 Å². The van der Waals surface area contributed by atoms with Gasteiger partial charge in [0, 0.05) is 80.1 Å². The minimum absolute atomic E-state index is 0.694. The topological polar surface area (TPSA) is 66.0 Å². The zero-order chi connectivity index (χ0) is 58.3. The first kappa shape index (κ1) is 52.5. The third-order valence-corrected chi connectivity index (χ3v) is 26.6. The summed E-state index contributed by atoms with van der Waals surface area (Å²) in [5.41, 5.74) is 8.62. The molecule has 0 radical (unpaired) electrons. The van der Waals surface area contributed by atoms with Gasteiger partial charge in [0.05, 0.1) is 50.2 Å². The summed E-state index contributed by atoms with van der Waals surface area (Å²) in [5.74, 6) is 0. The molecule has 0 bridgehead atoms. The van der Waals surface area contributed by atoms with Crippen LogP contribution in [-0.4, -0.2) is 13.7 Å². The molecule has 13 aromatic carbocycles. The number of nitrogens with zero attached hydrogens (tertiary/aromatic N) is 3. The molecule has 3 aromatic heterocycles. The molecule has 414 valence electrons. The Morgan fingerprint density at radius 1 is 0.172 bits per heavy atom. The van der Waals surface area contributed by atoms with Crippen molar-refractivity contribution in [3.63, 3.8) is 0 Å². The lowest BCUT2D eigenvalue weighted by atomic mass is 10.1. The zero-order valence-electron chi connectivity index (χ0n) is 47.1. The monoisotopic (exact) mass is 1170 g/mol. The van der Waals surface area contributed by atoms with Crippen molar-refractivity contribution in [3.05, 3.63) is 328 Å². The van der Waals surface area contributed by atoms with Crippen LogP contribution < -0.4 is 47.7 Å². The summed E-state index contributed by atoms with van der Waals surface area (Å²) in [6, 6.07) is 110. The predicted octanol–water partition coefficient (Wildman–Crippen LogP) is 15.9. The Morgan fingerprint density at radius 3 is 0.621 bits per heavy atom. The second kappa shape index (κ2) is 20.9. The van der Waals surface area contributed by atoms with Gasteiger partial charge in [0.25, 0.3) is 0 Å². The minimum atomic E-state index is -3.47. The number of rotatable bonds is 12. The second-order valence-corrected chi connectivity index (χ2v) is 30.5. The van der Waals surface area contributed by atoms with Crippen molar-refractivity contribution < 1.29 is 13.7 Å². The maximum atomic E-state index is 16.4. The van der Waals surface area contributed by atoms with Crippen molar-refractivity contribution in [1.82, 2.24) is 13.7 Å². The molecule has 0 N–H and O–H groups in total. The number of fused-ring (bicyclic) bond motifs is 9. The van der Waals surface area contributed by atoms with Crippen LogP contribution in [-0.2, 0) is 13.7 Å². The predicted molar refractivity (Wildman–Crippen MR) is 368 cm³/mol. The fraction of sp³-hybridized carbons (Fsp3) is 0. The number of hydrogen-bond acceptors (Lipinski definition) is 3. The maximum Gasteiger partial charge on any atom is 0.171 e. The van der Waals surface area contributed by atoms with Gasteiger partial charge in [0.15, 0.2) is 21.4 Å². The molecular weight excluding hydrogens is 1120 g/mol. The molecule has 0 unspecified atom stereocenters. The highest BCUT2D eigenvalue weighted by Gasteiger charge is 2.34. The van der Waals surface area contributed by atoms with Gasteiger partial charge in [-0.25, -0.2) is 0 Å². The fourth-order valence-corrected chi connectivity index (χ4v) is 21.5. The molecule has 3 heterocycles. The summed E-state index contributed by atoms with van der Waals surface area (Å²) in [5, 5.41) is 12.7. The van der Waals surface area contributed by atoms with Crippen molar-refractivity contribution in [1.29, 1.82) is 0 Å². The second-order valence-electron chi connectivity index (χ2n) is 22.2. The summed E-state index contributed by atoms with van der Waals surface area (Å²) in [6.07, 6.45) is 0. The first-order valence-corrected chi connectivity index (χ1v) is 34.3. The highest BCUT2D eigenvalue weighted by atomic mass is 31.2. The third kappa shape index (κ3) is 8.28. The molecule has 0 saturated heterocycles. The SMILES string of the molecule is O=P(c1ccccc1)(c1ccccc1)c1ccc2c(c1)c1ccccc1n2-c1cc(-n2c3ccccc3c3ccccc32)cc(-n2c3ccc(P(=O)(c4ccccc4)c4ccccc4)cc3c3cc(P(=O)(c4ccccc4)c4ccccc4)ccc32)c1. The molecule has 0 aliphatic rings. The molecule has 0 spiro atoms. The number of aromatic nitrogens is 3. The van der Waals surface area contributed by atoms with Crippen LogP contribution in [0.15, 0.2) is 328 Å². The molecule has 16 aromatic rings. The summed E-state index contributed by atoms with van der Waals surface area (Å²) < 4.78 is 55.9. The standard InChI is InChI=1S/C78H54N3O3P3/c82-85(58-25-7-1-8-26-58,59-27-9-2-10-28-59)64-43-46-76-70(52-64)69-39-21-24-42-75(69)80(76)56-49-55(79-73-40-22-19-37-67(73)68-38-20-23-41-74(68)79)50-57(51-56)81-77-47-44-65(86(83,60-29-11-3-12-30-60)61-31-13-4-14-32-61)53-71(77)72-54-66(45-48-78(72)81)87(84,62-33-15-5-16-34-62)63-35-17-6-18-36-63/h1-54H. The summed E-state index contributed by atoms with van der Waals surface area (Å²) in [4.78, 5) is 0. The van der Waals surface area contributed by atoms with Crippen LogP contribution >= 0.6 is 21.4 Å². The van der Waals surface area contributed by atoms with Gasteiger partial charge < -0.3 is 27.4 Å². The van der Waals surface area contributed by atoms with Gasteiger partial charge in [-0.1, -0.05) is 237 Å². The van der Waals surface area contributed by atoms with E-state index in [0.717, 1.165) is 120 Å². The molecule has 0 fully saturated rings. The van der Waals surface area contributed by atoms with Crippen molar-refractivity contribution in [2.75, 3.05) is 0 Å². The largest absolute Gasteiger partial charge is 0.309 e. The summed E-state index contributed by atoms with van der Waals surface area (Å²) in [6.45, 7) is 0. The van der Waals surface area contributed by atoms with E-state index in [4.69, 9.17) is 0 Å². The van der Waals surface area contributed by atoms with Gasteiger partial charge in [-0.3, -0.25) is 0 Å². The maximum absolute atomic E-state index is 16.4. The van der Waals surface area contributed by atoms with Gasteiger partial charge in [0.2, 0.25) is 0 Å². The van der Waals surface area contributed by atoms with Crippen LogP contribution in [0.4, 0.5) is 0 Å². The average molecular weight is 1170 g/mol. The Hall–Kier alpha value is -10.1. The number of hydrogen-bond donors (Lipinski definition) is 0. The highest BCUT2D eigenvalue weighted by molar-refractivity contribution is 7.86. The van der Waals surface area contributed by atoms with E-state index in [2.05, 4.69) is 147 Å². The van der Waals surface area contributed by atoms with Gasteiger partial charge in [-0.2, -0.15) is 0 Å². The van der Waals surface area contributed by atoms with E-state index >= 15 is 13.7 Å². The quantitative estimate of drug-likeness (QED) is 0.115. The Kier molecular flexibility index (Phi) is 12.6. The Balaban J connectivity index is 1.00. The lowest BCUT2D eigenvalue weighted by Gasteiger charge is -2.21. The molecule has 9 heteroatoms. The van der Waals surface area contributed by atoms with E-state index in [0.29, 0.717) is 10.6 Å². The number of para-hydroxylation sites is 3. The van der Waals surface area contributed by atoms with Crippen molar-refractivity contribution >= 4 is 135 Å². The molecule has 6 nitrogen and oxygen atoms in total. The Labute approximate surface area is 503 Å². The van der Waals surface area contributed by atoms with Gasteiger partial charge in [0.1, 0.15) is 0 Å². The van der Waals surface area contributed by atoms with Gasteiger partial charge in [-0.15, -0.1) is 0 Å². The van der Waals surface area contributed by atoms with Crippen LogP contribution in [0.1, 0.15) is 0 Å². The molecule has 0 atom stereocenters. The summed E-state index contributed by atoms with van der Waals surface area (Å²) >= 11 is 0. The van der Waals surface area contributed by atoms with Crippen LogP contribution in [0.25, 0.3) is 82.5 Å². The fourth-order valence-electron chi connectivity index (χ4n) is 13.4. The molecule has 0 aliphatic heterocycles. The molecule has 0 amide bonds. The van der Waals surface area contributed by atoms with E-state index in [1.165, 1.54) is 0 Å². The number of benzene rings is 13. The normalized spacial score (nSPS) is 12.3. The first-order valence-electron chi connectivity index (χ1n) is 29.2. The zero-order valence-corrected chi connectivity index (χ0v) is 49.8. The molecular formula is C78H54N3O3P3. The third-order valence-electron chi connectivity index (χ3n) is 17.4. The van der Waals surface area contributed by atoms with E-state index in [1.807, 2.05) is 194 Å². The van der Waals surface area contributed by atoms with Crippen molar-refractivity contribution in [2.45, 2.75) is 0 Å². The minimum Gasteiger partial charge on any atom is -0.309 e. The Morgan fingerprint density at radius 2 is 0.368 bits per heavy atom. The van der Waals surface area contributed by atoms with E-state index in [1.54, 1.807) is 0 Å². The van der Waals surface area contributed by atoms with Gasteiger partial charge in [-0.05, 0) is 91.0 Å². The smallest absolute Gasteiger partial charge is 0.171 e. The lowest BCUT2D eigenvalue weighted by molar-refractivity contribution is 0.591. The summed E-state index contributed by atoms with van der Waals surface area (Å²) in [7, 11) is -10.3. The van der Waals surface area contributed by atoms with E-state index in [-0.39, 0.29) is 0 Å². The highest BCUT2D eigenvalue weighted by Crippen LogP contribution is 2.48. The lowest BCUT2D eigenvalue weighted by Crippen LogP contribution is -2.25. The van der Waals surface area contributed by atoms with E-state index in [9.17, 15) is 0 Å². The van der Waals surface area contributed by atoms with Crippen LogP contribution in [0.2, 0.25) is 0 Å². The first-order chi connectivity index (χ1) is 42.8.